The molecule has 1 saturated heterocycles. The lowest BCUT2D eigenvalue weighted by molar-refractivity contribution is -0.129. The molecular formula is C17H23N3O. The largest absolute Gasteiger partial charge is 0.340 e. The fraction of sp³-hybridized carbons (Fsp3) is 0.529. The number of carbonyl (C=O) groups is 1. The van der Waals surface area contributed by atoms with E-state index in [9.17, 15) is 4.79 Å². The number of nitrogens with zero attached hydrogens (tertiary/aromatic N) is 3. The van der Waals surface area contributed by atoms with Crippen molar-refractivity contribution in [1.29, 1.82) is 0 Å². The number of hydrogen-bond acceptors (Lipinski definition) is 2. The highest BCUT2D eigenvalue weighted by atomic mass is 16.2. The summed E-state index contributed by atoms with van der Waals surface area (Å²) in [7, 11) is 0. The molecule has 0 unspecified atom stereocenters. The molecule has 1 amide bonds. The van der Waals surface area contributed by atoms with Gasteiger partial charge in [-0.1, -0.05) is 19.1 Å². The van der Waals surface area contributed by atoms with Gasteiger partial charge in [0.05, 0.1) is 11.0 Å². The van der Waals surface area contributed by atoms with E-state index in [1.165, 1.54) is 5.52 Å². The normalized spacial score (nSPS) is 19.1. The molecule has 1 aromatic carbocycles. The number of fused-ring (bicyclic) bond motifs is 1. The molecule has 0 spiro atoms. The fourth-order valence-corrected chi connectivity index (χ4v) is 3.27. The van der Waals surface area contributed by atoms with Crippen LogP contribution in [0, 0.1) is 0 Å². The van der Waals surface area contributed by atoms with Crippen molar-refractivity contribution in [3.05, 3.63) is 30.1 Å². The molecule has 4 nitrogen and oxygen atoms in total. The van der Waals surface area contributed by atoms with E-state index < -0.39 is 0 Å². The second-order valence-corrected chi connectivity index (χ2v) is 6.15. The van der Waals surface area contributed by atoms with Gasteiger partial charge in [-0.25, -0.2) is 4.98 Å². The van der Waals surface area contributed by atoms with E-state index in [2.05, 4.69) is 43.5 Å². The Labute approximate surface area is 125 Å². The fourth-order valence-electron chi connectivity index (χ4n) is 3.27. The first kappa shape index (κ1) is 14.1. The number of hydrogen-bond donors (Lipinski definition) is 0. The Bertz CT molecular complexity index is 659. The van der Waals surface area contributed by atoms with E-state index >= 15 is 0 Å². The van der Waals surface area contributed by atoms with E-state index in [0.29, 0.717) is 6.42 Å². The zero-order valence-corrected chi connectivity index (χ0v) is 13.0. The second kappa shape index (κ2) is 5.51. The van der Waals surface area contributed by atoms with Crippen molar-refractivity contribution < 1.29 is 4.79 Å². The summed E-state index contributed by atoms with van der Waals surface area (Å²) in [6, 6.07) is 8.53. The first-order valence-corrected chi connectivity index (χ1v) is 7.86. The van der Waals surface area contributed by atoms with Crippen LogP contribution in [0.4, 0.5) is 0 Å². The third-order valence-electron chi connectivity index (χ3n) is 4.28. The van der Waals surface area contributed by atoms with Crippen molar-refractivity contribution in [3.8, 4) is 0 Å². The van der Waals surface area contributed by atoms with Crippen LogP contribution in [-0.2, 0) is 11.3 Å². The molecule has 2 aromatic rings. The molecule has 1 aliphatic heterocycles. The van der Waals surface area contributed by atoms with Crippen molar-refractivity contribution in [3.63, 3.8) is 0 Å². The quantitative estimate of drug-likeness (QED) is 0.865. The van der Waals surface area contributed by atoms with Crippen molar-refractivity contribution in [2.75, 3.05) is 6.54 Å². The molecule has 112 valence electrons. The molecule has 3 rings (SSSR count). The average molecular weight is 285 g/mol. The van der Waals surface area contributed by atoms with Crippen LogP contribution in [0.15, 0.2) is 24.3 Å². The first-order chi connectivity index (χ1) is 10.1. The van der Waals surface area contributed by atoms with Crippen LogP contribution < -0.4 is 0 Å². The lowest BCUT2D eigenvalue weighted by Gasteiger charge is -2.21. The molecule has 0 aliphatic carbocycles. The molecular weight excluding hydrogens is 262 g/mol. The van der Waals surface area contributed by atoms with Crippen LogP contribution in [0.1, 0.15) is 45.4 Å². The van der Waals surface area contributed by atoms with Gasteiger partial charge >= 0.3 is 0 Å². The third-order valence-corrected chi connectivity index (χ3v) is 4.28. The number of aryl methyl sites for hydroxylation is 1. The van der Waals surface area contributed by atoms with Crippen LogP contribution in [0.3, 0.4) is 0 Å². The molecule has 21 heavy (non-hydrogen) atoms. The summed E-state index contributed by atoms with van der Waals surface area (Å²) in [5.74, 6) is 1.55. The summed E-state index contributed by atoms with van der Waals surface area (Å²) in [5, 5.41) is 0. The minimum absolute atomic E-state index is 0.221. The molecule has 2 heterocycles. The van der Waals surface area contributed by atoms with Gasteiger partial charge < -0.3 is 9.47 Å². The third kappa shape index (κ3) is 2.43. The number of amides is 1. The molecule has 0 radical (unpaired) electrons. The lowest BCUT2D eigenvalue weighted by Crippen LogP contribution is -2.32. The van der Waals surface area contributed by atoms with Gasteiger partial charge in [0.1, 0.15) is 5.82 Å². The number of likely N-dealkylation sites (tertiary alicyclic amines) is 1. The summed E-state index contributed by atoms with van der Waals surface area (Å²) < 4.78 is 2.30. The Morgan fingerprint density at radius 2 is 2.10 bits per heavy atom. The van der Waals surface area contributed by atoms with Crippen LogP contribution in [0.5, 0.6) is 0 Å². The molecule has 1 fully saturated rings. The van der Waals surface area contributed by atoms with Crippen molar-refractivity contribution in [2.24, 2.45) is 0 Å². The SMILES string of the molecule is CCCn1c([C@H]2CC(=O)N(C(C)C)C2)nc2ccccc21. The van der Waals surface area contributed by atoms with E-state index in [-0.39, 0.29) is 17.9 Å². The number of benzene rings is 1. The molecule has 1 aromatic heterocycles. The van der Waals surface area contributed by atoms with Crippen molar-refractivity contribution >= 4 is 16.9 Å². The van der Waals surface area contributed by atoms with E-state index in [0.717, 1.165) is 30.9 Å². The zero-order valence-electron chi connectivity index (χ0n) is 13.0. The van der Waals surface area contributed by atoms with Gasteiger partial charge in [-0.05, 0) is 32.4 Å². The standard InChI is InChI=1S/C17H23N3O/c1-4-9-19-15-8-6-5-7-14(15)18-17(19)13-10-16(21)20(11-13)12(2)3/h5-8,12-13H,4,9-11H2,1-3H3/t13-/m0/s1. The van der Waals surface area contributed by atoms with Crippen molar-refractivity contribution in [1.82, 2.24) is 14.5 Å². The van der Waals surface area contributed by atoms with Gasteiger partial charge in [-0.3, -0.25) is 4.79 Å². The Hall–Kier alpha value is -1.84. The van der Waals surface area contributed by atoms with Crippen LogP contribution in [0.25, 0.3) is 11.0 Å². The van der Waals surface area contributed by atoms with E-state index in [4.69, 9.17) is 4.98 Å². The zero-order chi connectivity index (χ0) is 15.0. The van der Waals surface area contributed by atoms with Gasteiger partial charge in [0.25, 0.3) is 0 Å². The smallest absolute Gasteiger partial charge is 0.223 e. The van der Waals surface area contributed by atoms with Gasteiger partial charge in [0.2, 0.25) is 5.91 Å². The average Bonchev–Trinajstić information content (AvgIpc) is 3.01. The summed E-state index contributed by atoms with van der Waals surface area (Å²) in [6.07, 6.45) is 1.66. The van der Waals surface area contributed by atoms with Gasteiger partial charge in [-0.15, -0.1) is 0 Å². The maximum absolute atomic E-state index is 12.2. The highest BCUT2D eigenvalue weighted by Crippen LogP contribution is 2.31. The summed E-state index contributed by atoms with van der Waals surface area (Å²) >= 11 is 0. The summed E-state index contributed by atoms with van der Waals surface area (Å²) in [6.45, 7) is 8.09. The maximum atomic E-state index is 12.2. The maximum Gasteiger partial charge on any atom is 0.223 e. The molecule has 0 bridgehead atoms. The Morgan fingerprint density at radius 3 is 2.76 bits per heavy atom. The highest BCUT2D eigenvalue weighted by Gasteiger charge is 2.34. The van der Waals surface area contributed by atoms with Gasteiger partial charge in [-0.2, -0.15) is 0 Å². The minimum Gasteiger partial charge on any atom is -0.340 e. The minimum atomic E-state index is 0.221. The monoisotopic (exact) mass is 285 g/mol. The Kier molecular flexibility index (Phi) is 3.70. The number of rotatable bonds is 4. The molecule has 0 N–H and O–H groups in total. The molecule has 0 saturated carbocycles. The predicted molar refractivity (Wildman–Crippen MR) is 84.2 cm³/mol. The number of imidazole rings is 1. The predicted octanol–water partition coefficient (Wildman–Crippen LogP) is 3.17. The van der Waals surface area contributed by atoms with E-state index in [1.54, 1.807) is 0 Å². The Morgan fingerprint density at radius 1 is 1.33 bits per heavy atom. The number of para-hydroxylation sites is 2. The van der Waals surface area contributed by atoms with Crippen molar-refractivity contribution in [2.45, 2.75) is 52.1 Å². The van der Waals surface area contributed by atoms with Crippen LogP contribution >= 0.6 is 0 Å². The molecule has 1 aliphatic rings. The lowest BCUT2D eigenvalue weighted by atomic mass is 10.1. The summed E-state index contributed by atoms with van der Waals surface area (Å²) in [5.41, 5.74) is 2.22. The molecule has 4 heteroatoms. The number of carbonyl (C=O) groups excluding carboxylic acids is 1. The number of aromatic nitrogens is 2. The first-order valence-electron chi connectivity index (χ1n) is 7.86. The van der Waals surface area contributed by atoms with Crippen LogP contribution in [-0.4, -0.2) is 32.9 Å². The van der Waals surface area contributed by atoms with Crippen LogP contribution in [0.2, 0.25) is 0 Å². The summed E-state index contributed by atoms with van der Waals surface area (Å²) in [4.78, 5) is 19.0. The highest BCUT2D eigenvalue weighted by molar-refractivity contribution is 5.81. The molecule has 1 atom stereocenters. The van der Waals surface area contributed by atoms with Gasteiger partial charge in [0, 0.05) is 31.5 Å². The topological polar surface area (TPSA) is 38.1 Å². The second-order valence-electron chi connectivity index (χ2n) is 6.15. The Balaban J connectivity index is 2.00. The van der Waals surface area contributed by atoms with Gasteiger partial charge in [0.15, 0.2) is 0 Å². The van der Waals surface area contributed by atoms with E-state index in [1.807, 2.05) is 11.0 Å².